The summed E-state index contributed by atoms with van der Waals surface area (Å²) in [7, 11) is 0. The fourth-order valence-electron chi connectivity index (χ4n) is 0.520. The van der Waals surface area contributed by atoms with E-state index >= 15 is 0 Å². The van der Waals surface area contributed by atoms with Crippen molar-refractivity contribution in [2.24, 2.45) is 0 Å². The fraction of sp³-hybridized carbons (Fsp3) is 0. The van der Waals surface area contributed by atoms with Crippen molar-refractivity contribution in [2.75, 3.05) is 0 Å². The van der Waals surface area contributed by atoms with E-state index in [2.05, 4.69) is 0 Å². The van der Waals surface area contributed by atoms with Gasteiger partial charge in [-0.05, 0) is 18.2 Å². The highest BCUT2D eigenvalue weighted by atomic mass is 35.5. The van der Waals surface area contributed by atoms with E-state index in [4.69, 9.17) is 44.7 Å². The standard InChI is InChI=1S/C6H3Cl3.CH2O2/c7-4-1-5(8)3-6(9)2-4;2-1-3/h1-3H;1H,(H,2,3). The molecule has 0 aliphatic heterocycles. The highest BCUT2D eigenvalue weighted by molar-refractivity contribution is 6.38. The molecular formula is C7H5Cl3O2. The maximum atomic E-state index is 8.36. The van der Waals surface area contributed by atoms with E-state index < -0.39 is 0 Å². The summed E-state index contributed by atoms with van der Waals surface area (Å²) in [5.74, 6) is 0. The Morgan fingerprint density at radius 3 is 1.33 bits per heavy atom. The van der Waals surface area contributed by atoms with Gasteiger partial charge in [0.05, 0.1) is 0 Å². The highest BCUT2D eigenvalue weighted by Gasteiger charge is 1.92. The predicted molar refractivity (Wildman–Crippen MR) is 50.2 cm³/mol. The third-order valence-electron chi connectivity index (χ3n) is 0.827. The van der Waals surface area contributed by atoms with E-state index in [0.717, 1.165) is 0 Å². The van der Waals surface area contributed by atoms with Gasteiger partial charge in [0.1, 0.15) is 0 Å². The average molecular weight is 227 g/mol. The number of hydrogen-bond donors (Lipinski definition) is 1. The number of benzene rings is 1. The van der Waals surface area contributed by atoms with Crippen molar-refractivity contribution in [3.63, 3.8) is 0 Å². The van der Waals surface area contributed by atoms with E-state index in [1.165, 1.54) is 0 Å². The zero-order chi connectivity index (χ0) is 9.56. The minimum atomic E-state index is -0.250. The van der Waals surface area contributed by atoms with Gasteiger partial charge < -0.3 is 5.11 Å². The fourth-order valence-corrected chi connectivity index (χ4v) is 1.39. The lowest BCUT2D eigenvalue weighted by Crippen LogP contribution is -1.65. The Hall–Kier alpha value is -0.440. The van der Waals surface area contributed by atoms with Crippen molar-refractivity contribution in [1.29, 1.82) is 0 Å². The van der Waals surface area contributed by atoms with Gasteiger partial charge in [-0.2, -0.15) is 0 Å². The Kier molecular flexibility index (Phi) is 5.89. The molecule has 0 spiro atoms. The van der Waals surface area contributed by atoms with Crippen LogP contribution in [0.15, 0.2) is 18.2 Å². The second-order valence-electron chi connectivity index (χ2n) is 1.69. The van der Waals surface area contributed by atoms with Gasteiger partial charge in [0.25, 0.3) is 6.47 Å². The quantitative estimate of drug-likeness (QED) is 0.690. The van der Waals surface area contributed by atoms with Crippen LogP contribution in [0.1, 0.15) is 0 Å². The van der Waals surface area contributed by atoms with Crippen LogP contribution >= 0.6 is 34.8 Å². The maximum absolute atomic E-state index is 8.36. The number of halogens is 3. The minimum Gasteiger partial charge on any atom is -0.483 e. The van der Waals surface area contributed by atoms with E-state index in [0.29, 0.717) is 15.1 Å². The molecule has 12 heavy (non-hydrogen) atoms. The third-order valence-corrected chi connectivity index (χ3v) is 1.48. The molecule has 0 saturated carbocycles. The Balaban J connectivity index is 0.000000354. The van der Waals surface area contributed by atoms with Crippen LogP contribution in [-0.4, -0.2) is 11.6 Å². The van der Waals surface area contributed by atoms with Gasteiger partial charge in [0, 0.05) is 15.1 Å². The van der Waals surface area contributed by atoms with Crippen LogP contribution in [0.5, 0.6) is 0 Å². The van der Waals surface area contributed by atoms with Crippen LogP contribution in [0.2, 0.25) is 15.1 Å². The normalized spacial score (nSPS) is 8.25. The van der Waals surface area contributed by atoms with E-state index in [1.807, 2.05) is 0 Å². The topological polar surface area (TPSA) is 37.3 Å². The molecule has 0 atom stereocenters. The van der Waals surface area contributed by atoms with Crippen molar-refractivity contribution >= 4 is 41.3 Å². The van der Waals surface area contributed by atoms with Gasteiger partial charge in [-0.1, -0.05) is 34.8 Å². The first kappa shape index (κ1) is 11.6. The van der Waals surface area contributed by atoms with Gasteiger partial charge in [-0.15, -0.1) is 0 Å². The zero-order valence-electron chi connectivity index (χ0n) is 5.80. The molecule has 5 heteroatoms. The molecule has 0 aliphatic rings. The molecule has 0 radical (unpaired) electrons. The van der Waals surface area contributed by atoms with Crippen LogP contribution in [0.25, 0.3) is 0 Å². The molecule has 0 saturated heterocycles. The lowest BCUT2D eigenvalue weighted by atomic mass is 10.4. The molecule has 0 heterocycles. The van der Waals surface area contributed by atoms with Gasteiger partial charge in [0.2, 0.25) is 0 Å². The van der Waals surface area contributed by atoms with Crippen LogP contribution in [0.4, 0.5) is 0 Å². The van der Waals surface area contributed by atoms with Crippen molar-refractivity contribution in [3.8, 4) is 0 Å². The number of carboxylic acid groups (broad SMARTS) is 1. The minimum absolute atomic E-state index is 0.250. The molecule has 0 aromatic heterocycles. The van der Waals surface area contributed by atoms with Gasteiger partial charge in [0.15, 0.2) is 0 Å². The Labute approximate surface area is 84.7 Å². The van der Waals surface area contributed by atoms with Crippen molar-refractivity contribution in [1.82, 2.24) is 0 Å². The SMILES string of the molecule is Clc1cc(Cl)cc(Cl)c1.O=CO. The van der Waals surface area contributed by atoms with Gasteiger partial charge in [-0.3, -0.25) is 4.79 Å². The second-order valence-corrected chi connectivity index (χ2v) is 3.00. The Bertz CT molecular complexity index is 212. The first-order valence-electron chi connectivity index (χ1n) is 2.79. The lowest BCUT2D eigenvalue weighted by molar-refractivity contribution is -0.122. The smallest absolute Gasteiger partial charge is 0.290 e. The molecule has 0 unspecified atom stereocenters. The van der Waals surface area contributed by atoms with E-state index in [-0.39, 0.29) is 6.47 Å². The van der Waals surface area contributed by atoms with Crippen molar-refractivity contribution in [3.05, 3.63) is 33.3 Å². The molecule has 1 aromatic carbocycles. The summed E-state index contributed by atoms with van der Waals surface area (Å²) in [6.07, 6.45) is 0. The number of rotatable bonds is 0. The Morgan fingerprint density at radius 2 is 1.17 bits per heavy atom. The lowest BCUT2D eigenvalue weighted by Gasteiger charge is -1.91. The number of hydrogen-bond acceptors (Lipinski definition) is 1. The molecule has 1 N–H and O–H groups in total. The van der Waals surface area contributed by atoms with Crippen LogP contribution in [0, 0.1) is 0 Å². The first-order valence-corrected chi connectivity index (χ1v) is 3.93. The zero-order valence-corrected chi connectivity index (χ0v) is 8.07. The van der Waals surface area contributed by atoms with Crippen molar-refractivity contribution < 1.29 is 9.90 Å². The summed E-state index contributed by atoms with van der Waals surface area (Å²) in [6.45, 7) is -0.250. The summed E-state index contributed by atoms with van der Waals surface area (Å²) in [6, 6.07) is 4.90. The molecule has 0 fully saturated rings. The summed E-state index contributed by atoms with van der Waals surface area (Å²) in [5, 5.41) is 8.58. The third kappa shape index (κ3) is 5.24. The van der Waals surface area contributed by atoms with Crippen LogP contribution in [0.3, 0.4) is 0 Å². The van der Waals surface area contributed by atoms with Gasteiger partial charge in [-0.25, -0.2) is 0 Å². The number of carbonyl (C=O) groups is 1. The Morgan fingerprint density at radius 1 is 1.00 bits per heavy atom. The summed E-state index contributed by atoms with van der Waals surface area (Å²) in [5.41, 5.74) is 0. The summed E-state index contributed by atoms with van der Waals surface area (Å²) < 4.78 is 0. The first-order chi connectivity index (χ1) is 5.60. The summed E-state index contributed by atoms with van der Waals surface area (Å²) >= 11 is 16.7. The van der Waals surface area contributed by atoms with Crippen LogP contribution < -0.4 is 0 Å². The molecule has 1 rings (SSSR count). The summed E-state index contributed by atoms with van der Waals surface area (Å²) in [4.78, 5) is 8.36. The molecule has 0 aliphatic carbocycles. The van der Waals surface area contributed by atoms with Crippen molar-refractivity contribution in [2.45, 2.75) is 0 Å². The largest absolute Gasteiger partial charge is 0.483 e. The molecular weight excluding hydrogens is 222 g/mol. The molecule has 66 valence electrons. The highest BCUT2D eigenvalue weighted by Crippen LogP contribution is 2.21. The van der Waals surface area contributed by atoms with E-state index in [9.17, 15) is 0 Å². The maximum Gasteiger partial charge on any atom is 0.290 e. The monoisotopic (exact) mass is 226 g/mol. The molecule has 2 nitrogen and oxygen atoms in total. The molecule has 0 amide bonds. The van der Waals surface area contributed by atoms with Gasteiger partial charge >= 0.3 is 0 Å². The molecule has 1 aromatic rings. The average Bonchev–Trinajstić information content (AvgIpc) is 1.84. The second kappa shape index (κ2) is 6.12. The van der Waals surface area contributed by atoms with E-state index in [1.54, 1.807) is 18.2 Å². The van der Waals surface area contributed by atoms with Crippen LogP contribution in [-0.2, 0) is 4.79 Å². The molecule has 0 bridgehead atoms. The predicted octanol–water partition coefficient (Wildman–Crippen LogP) is 3.35.